The summed E-state index contributed by atoms with van der Waals surface area (Å²) in [5.41, 5.74) is -0.311. The Morgan fingerprint density at radius 1 is 0.778 bits per heavy atom. The number of carbonyl (C=O) groups excluding carboxylic acids is 1. The summed E-state index contributed by atoms with van der Waals surface area (Å²) in [5, 5.41) is 22.2. The number of rotatable bonds is 16. The molecule has 0 aromatic heterocycles. The fourth-order valence-corrected chi connectivity index (χ4v) is 2.34. The molecule has 0 rings (SSSR count). The minimum absolute atomic E-state index is 0.155. The highest BCUT2D eigenvalue weighted by Gasteiger charge is 2.20. The number of hydrogen-bond donors (Lipinski definition) is 0. The molecule has 0 bridgehead atoms. The SMILES string of the molecule is CC/C=C/C/C=C(/C/C(=C/C/C=C/CCCCCCC=O)[N+](=O)[O-])[N+](=O)[O-]. The number of nitro groups is 2. The van der Waals surface area contributed by atoms with Crippen LogP contribution in [0.2, 0.25) is 0 Å². The van der Waals surface area contributed by atoms with E-state index in [1.807, 2.05) is 25.2 Å². The van der Waals surface area contributed by atoms with Crippen LogP contribution in [0.15, 0.2) is 47.9 Å². The van der Waals surface area contributed by atoms with Crippen molar-refractivity contribution < 1.29 is 14.6 Å². The quantitative estimate of drug-likeness (QED) is 0.115. The minimum Gasteiger partial charge on any atom is -0.303 e. The van der Waals surface area contributed by atoms with Gasteiger partial charge in [-0.05, 0) is 50.7 Å². The maximum absolute atomic E-state index is 11.1. The summed E-state index contributed by atoms with van der Waals surface area (Å²) in [5.74, 6) is 0. The standard InChI is InChI=1S/C20H30N2O5/c1-2-3-4-12-15-19(21(24)25)18-20(22(26)27)16-13-10-8-6-5-7-9-11-14-17-23/h3-4,8,10,15-17H,2,5-7,9,11-14,18H2,1H3/b4-3+,10-8+,19-15-,20-16-. The smallest absolute Gasteiger partial charge is 0.253 e. The lowest BCUT2D eigenvalue weighted by molar-refractivity contribution is -0.450. The first-order chi connectivity index (χ1) is 13.0. The van der Waals surface area contributed by atoms with Crippen molar-refractivity contribution in [2.24, 2.45) is 0 Å². The van der Waals surface area contributed by atoms with Crippen molar-refractivity contribution in [2.75, 3.05) is 0 Å². The maximum Gasteiger partial charge on any atom is 0.253 e. The Labute approximate surface area is 160 Å². The number of hydrogen-bond acceptors (Lipinski definition) is 5. The third kappa shape index (κ3) is 14.3. The molecule has 0 saturated carbocycles. The minimum atomic E-state index is -0.558. The van der Waals surface area contributed by atoms with Crippen LogP contribution in [0, 0.1) is 20.2 Å². The molecule has 0 heterocycles. The van der Waals surface area contributed by atoms with Crippen molar-refractivity contribution in [1.29, 1.82) is 0 Å². The maximum atomic E-state index is 11.1. The lowest BCUT2D eigenvalue weighted by atomic mass is 10.1. The van der Waals surface area contributed by atoms with E-state index < -0.39 is 9.85 Å². The van der Waals surface area contributed by atoms with Crippen molar-refractivity contribution in [3.05, 3.63) is 68.1 Å². The van der Waals surface area contributed by atoms with E-state index in [0.29, 0.717) is 19.3 Å². The van der Waals surface area contributed by atoms with Crippen LogP contribution in [-0.2, 0) is 4.79 Å². The van der Waals surface area contributed by atoms with Crippen LogP contribution >= 0.6 is 0 Å². The van der Waals surface area contributed by atoms with E-state index >= 15 is 0 Å². The van der Waals surface area contributed by atoms with Gasteiger partial charge in [0.15, 0.2) is 0 Å². The second kappa shape index (κ2) is 16.9. The van der Waals surface area contributed by atoms with Crippen molar-refractivity contribution in [2.45, 2.75) is 71.1 Å². The second-order valence-electron chi connectivity index (χ2n) is 6.06. The Balaban J connectivity index is 4.48. The summed E-state index contributed by atoms with van der Waals surface area (Å²) in [6, 6.07) is 0. The van der Waals surface area contributed by atoms with Gasteiger partial charge in [0.1, 0.15) is 12.7 Å². The molecule has 0 spiro atoms. The van der Waals surface area contributed by atoms with E-state index in [-0.39, 0.29) is 17.8 Å². The van der Waals surface area contributed by atoms with Crippen LogP contribution in [0.3, 0.4) is 0 Å². The van der Waals surface area contributed by atoms with Crippen LogP contribution in [0.25, 0.3) is 0 Å². The van der Waals surface area contributed by atoms with Crippen LogP contribution < -0.4 is 0 Å². The molecule has 0 amide bonds. The van der Waals surface area contributed by atoms with E-state index in [1.54, 1.807) is 6.08 Å². The van der Waals surface area contributed by atoms with Gasteiger partial charge in [0.25, 0.3) is 11.4 Å². The van der Waals surface area contributed by atoms with Gasteiger partial charge in [-0.2, -0.15) is 0 Å². The zero-order valence-electron chi connectivity index (χ0n) is 16.0. The average Bonchev–Trinajstić information content (AvgIpc) is 2.63. The van der Waals surface area contributed by atoms with Gasteiger partial charge in [-0.25, -0.2) is 0 Å². The molecule has 0 atom stereocenters. The Kier molecular flexibility index (Phi) is 15.3. The monoisotopic (exact) mass is 378 g/mol. The zero-order valence-corrected chi connectivity index (χ0v) is 16.0. The molecule has 0 saturated heterocycles. The van der Waals surface area contributed by atoms with E-state index in [2.05, 4.69) is 0 Å². The summed E-state index contributed by atoms with van der Waals surface area (Å²) in [4.78, 5) is 31.3. The van der Waals surface area contributed by atoms with Gasteiger partial charge in [-0.3, -0.25) is 20.2 Å². The van der Waals surface area contributed by atoms with E-state index in [0.717, 1.165) is 44.8 Å². The number of unbranched alkanes of at least 4 members (excludes halogenated alkanes) is 5. The highest BCUT2D eigenvalue weighted by Crippen LogP contribution is 2.15. The highest BCUT2D eigenvalue weighted by molar-refractivity contribution is 5.48. The van der Waals surface area contributed by atoms with Gasteiger partial charge in [-0.15, -0.1) is 0 Å². The van der Waals surface area contributed by atoms with Crippen molar-refractivity contribution >= 4 is 6.29 Å². The lowest BCUT2D eigenvalue weighted by Gasteiger charge is -1.98. The van der Waals surface area contributed by atoms with E-state index in [1.165, 1.54) is 12.2 Å². The molecule has 0 N–H and O–H groups in total. The molecule has 7 nitrogen and oxygen atoms in total. The van der Waals surface area contributed by atoms with Crippen LogP contribution in [-0.4, -0.2) is 16.1 Å². The van der Waals surface area contributed by atoms with Gasteiger partial charge in [-0.1, -0.05) is 44.1 Å². The van der Waals surface area contributed by atoms with Crippen molar-refractivity contribution in [3.8, 4) is 0 Å². The second-order valence-corrected chi connectivity index (χ2v) is 6.06. The Morgan fingerprint density at radius 3 is 1.78 bits per heavy atom. The third-order valence-electron chi connectivity index (χ3n) is 3.82. The Hall–Kier alpha value is -2.57. The first-order valence-electron chi connectivity index (χ1n) is 9.43. The molecule has 0 aromatic carbocycles. The molecule has 150 valence electrons. The molecular weight excluding hydrogens is 348 g/mol. The molecule has 7 heteroatoms. The van der Waals surface area contributed by atoms with Gasteiger partial charge in [0.2, 0.25) is 0 Å². The fraction of sp³-hybridized carbons (Fsp3) is 0.550. The van der Waals surface area contributed by atoms with Crippen LogP contribution in [0.4, 0.5) is 0 Å². The number of aldehydes is 1. The number of allylic oxidation sites excluding steroid dienone is 6. The van der Waals surface area contributed by atoms with Gasteiger partial charge < -0.3 is 4.79 Å². The largest absolute Gasteiger partial charge is 0.303 e. The first-order valence-corrected chi connectivity index (χ1v) is 9.43. The van der Waals surface area contributed by atoms with E-state index in [9.17, 15) is 25.0 Å². The fourth-order valence-electron chi connectivity index (χ4n) is 2.34. The summed E-state index contributed by atoms with van der Waals surface area (Å²) >= 11 is 0. The number of nitrogens with zero attached hydrogens (tertiary/aromatic N) is 2. The summed E-state index contributed by atoms with van der Waals surface area (Å²) in [7, 11) is 0. The highest BCUT2D eigenvalue weighted by atomic mass is 16.6. The van der Waals surface area contributed by atoms with Gasteiger partial charge in [0, 0.05) is 6.42 Å². The number of carbonyl (C=O) groups is 1. The predicted molar refractivity (Wildman–Crippen MR) is 106 cm³/mol. The summed E-state index contributed by atoms with van der Waals surface area (Å²) < 4.78 is 0. The molecule has 27 heavy (non-hydrogen) atoms. The predicted octanol–water partition coefficient (Wildman–Crippen LogP) is 5.54. The molecule has 0 fully saturated rings. The van der Waals surface area contributed by atoms with Gasteiger partial charge in [0.05, 0.1) is 9.85 Å². The average molecular weight is 378 g/mol. The molecule has 0 radical (unpaired) electrons. The normalized spacial score (nSPS) is 12.8. The lowest BCUT2D eigenvalue weighted by Crippen LogP contribution is -2.06. The molecule has 0 aliphatic rings. The third-order valence-corrected chi connectivity index (χ3v) is 3.82. The van der Waals surface area contributed by atoms with E-state index in [4.69, 9.17) is 0 Å². The topological polar surface area (TPSA) is 103 Å². The molecular formula is C20H30N2O5. The molecule has 0 aliphatic heterocycles. The Morgan fingerprint density at radius 2 is 1.30 bits per heavy atom. The molecule has 0 aliphatic carbocycles. The van der Waals surface area contributed by atoms with Crippen LogP contribution in [0.5, 0.6) is 0 Å². The van der Waals surface area contributed by atoms with Crippen molar-refractivity contribution in [3.63, 3.8) is 0 Å². The Bertz CT molecular complexity index is 577. The summed E-state index contributed by atoms with van der Waals surface area (Å²) in [6.07, 6.45) is 18.1. The zero-order chi connectivity index (χ0) is 20.3. The molecule has 0 unspecified atom stereocenters. The van der Waals surface area contributed by atoms with Crippen molar-refractivity contribution in [1.82, 2.24) is 0 Å². The van der Waals surface area contributed by atoms with Crippen LogP contribution in [0.1, 0.15) is 71.1 Å². The summed E-state index contributed by atoms with van der Waals surface area (Å²) in [6.45, 7) is 1.96. The first kappa shape index (κ1) is 24.4. The van der Waals surface area contributed by atoms with Gasteiger partial charge >= 0.3 is 0 Å². The molecule has 0 aromatic rings.